The molecule has 0 spiro atoms. The van der Waals surface area contributed by atoms with Crippen molar-refractivity contribution >= 4 is 23.3 Å². The number of likely N-dealkylation sites (tertiary alicyclic amines) is 1. The van der Waals surface area contributed by atoms with Crippen LogP contribution in [0.2, 0.25) is 0 Å². The van der Waals surface area contributed by atoms with Crippen LogP contribution in [-0.4, -0.2) is 61.6 Å². The van der Waals surface area contributed by atoms with E-state index in [2.05, 4.69) is 15.2 Å². The molecule has 2 aliphatic rings. The van der Waals surface area contributed by atoms with Crippen molar-refractivity contribution in [1.29, 1.82) is 0 Å². The Bertz CT molecular complexity index is 584. The smallest absolute Gasteiger partial charge is 0.229 e. The number of hydrogen-bond acceptors (Lipinski definition) is 5. The molecule has 0 saturated carbocycles. The van der Waals surface area contributed by atoms with Gasteiger partial charge in [-0.25, -0.2) is 4.98 Å². The molecule has 1 atom stereocenters. The summed E-state index contributed by atoms with van der Waals surface area (Å²) >= 11 is 0. The van der Waals surface area contributed by atoms with Crippen LogP contribution >= 0.6 is 0 Å². The van der Waals surface area contributed by atoms with Crippen LogP contribution in [0, 0.1) is 5.92 Å². The van der Waals surface area contributed by atoms with Crippen molar-refractivity contribution in [3.05, 3.63) is 18.3 Å². The number of amides is 2. The zero-order chi connectivity index (χ0) is 16.9. The van der Waals surface area contributed by atoms with E-state index in [1.807, 2.05) is 12.1 Å². The highest BCUT2D eigenvalue weighted by Crippen LogP contribution is 2.22. The quantitative estimate of drug-likeness (QED) is 0.845. The highest BCUT2D eigenvalue weighted by atomic mass is 16.5. The monoisotopic (exact) mass is 332 g/mol. The molecule has 24 heavy (non-hydrogen) atoms. The lowest BCUT2D eigenvalue weighted by Gasteiger charge is -2.17. The number of nitrogens with zero attached hydrogens (tertiary/aromatic N) is 3. The van der Waals surface area contributed by atoms with E-state index in [9.17, 15) is 9.59 Å². The molecule has 0 bridgehead atoms. The average Bonchev–Trinajstić information content (AvgIpc) is 3.24. The first-order valence-corrected chi connectivity index (χ1v) is 8.46. The SMILES string of the molecule is COCCN1C[C@H](C(=O)Nc2ccc(N3CCCC3)nc2)CC1=O. The highest BCUT2D eigenvalue weighted by Gasteiger charge is 2.34. The van der Waals surface area contributed by atoms with Crippen LogP contribution < -0.4 is 10.2 Å². The Hall–Kier alpha value is -2.15. The molecular formula is C17H24N4O3. The number of ether oxygens (including phenoxy) is 1. The van der Waals surface area contributed by atoms with Crippen LogP contribution in [0.25, 0.3) is 0 Å². The Morgan fingerprint density at radius 2 is 2.17 bits per heavy atom. The number of anilines is 2. The lowest BCUT2D eigenvalue weighted by Crippen LogP contribution is -2.30. The Labute approximate surface area is 142 Å². The zero-order valence-corrected chi connectivity index (χ0v) is 14.0. The van der Waals surface area contributed by atoms with Crippen molar-refractivity contribution in [2.75, 3.05) is 50.1 Å². The normalized spacial score (nSPS) is 20.7. The number of carbonyl (C=O) groups is 2. The van der Waals surface area contributed by atoms with Crippen molar-refractivity contribution < 1.29 is 14.3 Å². The first kappa shape index (κ1) is 16.7. The second-order valence-electron chi connectivity index (χ2n) is 6.32. The van der Waals surface area contributed by atoms with E-state index in [-0.39, 0.29) is 24.2 Å². The third kappa shape index (κ3) is 3.84. The van der Waals surface area contributed by atoms with Gasteiger partial charge in [-0.3, -0.25) is 9.59 Å². The number of methoxy groups -OCH3 is 1. The van der Waals surface area contributed by atoms with Gasteiger partial charge in [0.1, 0.15) is 5.82 Å². The molecule has 3 heterocycles. The summed E-state index contributed by atoms with van der Waals surface area (Å²) in [5, 5.41) is 2.87. The van der Waals surface area contributed by atoms with Crippen LogP contribution in [0.4, 0.5) is 11.5 Å². The van der Waals surface area contributed by atoms with Gasteiger partial charge >= 0.3 is 0 Å². The number of rotatable bonds is 6. The summed E-state index contributed by atoms with van der Waals surface area (Å²) in [4.78, 5) is 32.6. The van der Waals surface area contributed by atoms with Gasteiger partial charge in [-0.1, -0.05) is 0 Å². The molecule has 0 aromatic carbocycles. The fourth-order valence-corrected chi connectivity index (χ4v) is 3.20. The van der Waals surface area contributed by atoms with Crippen molar-refractivity contribution in [3.8, 4) is 0 Å². The summed E-state index contributed by atoms with van der Waals surface area (Å²) in [5.74, 6) is 0.522. The first-order valence-electron chi connectivity index (χ1n) is 8.46. The molecule has 7 heteroatoms. The number of pyridine rings is 1. The van der Waals surface area contributed by atoms with E-state index in [0.717, 1.165) is 18.9 Å². The van der Waals surface area contributed by atoms with Gasteiger partial charge in [0.05, 0.1) is 24.4 Å². The number of hydrogen-bond donors (Lipinski definition) is 1. The molecule has 1 aromatic rings. The average molecular weight is 332 g/mol. The standard InChI is InChI=1S/C17H24N4O3/c1-24-9-8-21-12-13(10-16(21)22)17(23)19-14-4-5-15(18-11-14)20-6-2-3-7-20/h4-5,11,13H,2-3,6-10,12H2,1H3,(H,19,23)/t13-/m1/s1. The van der Waals surface area contributed by atoms with E-state index < -0.39 is 0 Å². The second kappa shape index (κ2) is 7.61. The van der Waals surface area contributed by atoms with Gasteiger partial charge in [-0.05, 0) is 25.0 Å². The predicted molar refractivity (Wildman–Crippen MR) is 90.9 cm³/mol. The zero-order valence-electron chi connectivity index (χ0n) is 14.0. The fraction of sp³-hybridized carbons (Fsp3) is 0.588. The Balaban J connectivity index is 1.54. The molecule has 0 unspecified atom stereocenters. The lowest BCUT2D eigenvalue weighted by atomic mass is 10.1. The third-order valence-electron chi connectivity index (χ3n) is 4.60. The van der Waals surface area contributed by atoms with Gasteiger partial charge in [0.25, 0.3) is 0 Å². The van der Waals surface area contributed by atoms with Crippen LogP contribution in [0.3, 0.4) is 0 Å². The minimum Gasteiger partial charge on any atom is -0.383 e. The largest absolute Gasteiger partial charge is 0.383 e. The Morgan fingerprint density at radius 3 is 2.83 bits per heavy atom. The van der Waals surface area contributed by atoms with E-state index in [0.29, 0.717) is 25.4 Å². The summed E-state index contributed by atoms with van der Waals surface area (Å²) in [7, 11) is 1.60. The third-order valence-corrected chi connectivity index (χ3v) is 4.60. The van der Waals surface area contributed by atoms with Crippen LogP contribution in [0.5, 0.6) is 0 Å². The van der Waals surface area contributed by atoms with Crippen LogP contribution in [0.1, 0.15) is 19.3 Å². The summed E-state index contributed by atoms with van der Waals surface area (Å²) in [5.41, 5.74) is 0.672. The van der Waals surface area contributed by atoms with Gasteiger partial charge in [0.2, 0.25) is 11.8 Å². The maximum atomic E-state index is 12.4. The van der Waals surface area contributed by atoms with Crippen LogP contribution in [-0.2, 0) is 14.3 Å². The Kier molecular flexibility index (Phi) is 5.30. The summed E-state index contributed by atoms with van der Waals surface area (Å²) in [6, 6.07) is 3.81. The molecule has 0 radical (unpaired) electrons. The molecule has 2 saturated heterocycles. The van der Waals surface area contributed by atoms with Crippen molar-refractivity contribution in [2.45, 2.75) is 19.3 Å². The topological polar surface area (TPSA) is 74.8 Å². The summed E-state index contributed by atoms with van der Waals surface area (Å²) in [6.45, 7) is 3.56. The van der Waals surface area contributed by atoms with E-state index >= 15 is 0 Å². The second-order valence-corrected chi connectivity index (χ2v) is 6.32. The molecule has 2 amide bonds. The highest BCUT2D eigenvalue weighted by molar-refractivity contribution is 5.97. The number of aromatic nitrogens is 1. The minimum absolute atomic E-state index is 0.00899. The van der Waals surface area contributed by atoms with Gasteiger partial charge in [0.15, 0.2) is 0 Å². The van der Waals surface area contributed by atoms with Gasteiger partial charge in [-0.2, -0.15) is 0 Å². The molecule has 2 aliphatic heterocycles. The van der Waals surface area contributed by atoms with Crippen molar-refractivity contribution in [2.24, 2.45) is 5.92 Å². The Morgan fingerprint density at radius 1 is 1.38 bits per heavy atom. The molecule has 3 rings (SSSR count). The van der Waals surface area contributed by atoms with Crippen molar-refractivity contribution in [3.63, 3.8) is 0 Å². The molecule has 1 N–H and O–H groups in total. The maximum absolute atomic E-state index is 12.4. The van der Waals surface area contributed by atoms with E-state index in [4.69, 9.17) is 4.74 Å². The summed E-state index contributed by atoms with van der Waals surface area (Å²) < 4.78 is 4.99. The van der Waals surface area contributed by atoms with Gasteiger partial charge in [0, 0.05) is 39.7 Å². The molecular weight excluding hydrogens is 308 g/mol. The fourth-order valence-electron chi connectivity index (χ4n) is 3.20. The van der Waals surface area contributed by atoms with Crippen molar-refractivity contribution in [1.82, 2.24) is 9.88 Å². The molecule has 2 fully saturated rings. The minimum atomic E-state index is -0.312. The maximum Gasteiger partial charge on any atom is 0.229 e. The predicted octanol–water partition coefficient (Wildman–Crippen LogP) is 1.12. The van der Waals surface area contributed by atoms with Gasteiger partial charge < -0.3 is 19.9 Å². The van der Waals surface area contributed by atoms with E-state index in [1.54, 1.807) is 18.2 Å². The molecule has 0 aliphatic carbocycles. The van der Waals surface area contributed by atoms with Gasteiger partial charge in [-0.15, -0.1) is 0 Å². The number of nitrogens with one attached hydrogen (secondary N) is 1. The lowest BCUT2D eigenvalue weighted by molar-refractivity contribution is -0.128. The molecule has 7 nitrogen and oxygen atoms in total. The van der Waals surface area contributed by atoms with Crippen LogP contribution in [0.15, 0.2) is 18.3 Å². The molecule has 1 aromatic heterocycles. The van der Waals surface area contributed by atoms with E-state index in [1.165, 1.54) is 12.8 Å². The molecule has 130 valence electrons. The first-order chi connectivity index (χ1) is 11.7. The number of carbonyl (C=O) groups excluding carboxylic acids is 2. The summed E-state index contributed by atoms with van der Waals surface area (Å²) in [6.07, 6.45) is 4.35.